The Morgan fingerprint density at radius 2 is 1.63 bits per heavy atom. The number of para-hydroxylation sites is 2. The van der Waals surface area contributed by atoms with Crippen LogP contribution in [-0.4, -0.2) is 20.9 Å². The average Bonchev–Trinajstić information content (AvgIpc) is 2.95. The van der Waals surface area contributed by atoms with Gasteiger partial charge in [0.05, 0.1) is 16.8 Å². The van der Waals surface area contributed by atoms with E-state index in [9.17, 15) is 4.79 Å². The van der Waals surface area contributed by atoms with Crippen LogP contribution in [0.15, 0.2) is 103 Å². The SMILES string of the molecule is CCc1nccc(-c2cccnc2Oc2ccc(NC(=O)c3ccccc3Oc3ccccc3)cc2C)n1. The van der Waals surface area contributed by atoms with Gasteiger partial charge in [-0.1, -0.05) is 37.3 Å². The van der Waals surface area contributed by atoms with Gasteiger partial charge < -0.3 is 14.8 Å². The van der Waals surface area contributed by atoms with Gasteiger partial charge in [-0.25, -0.2) is 15.0 Å². The minimum Gasteiger partial charge on any atom is -0.457 e. The molecule has 0 radical (unpaired) electrons. The number of hydrogen-bond acceptors (Lipinski definition) is 6. The van der Waals surface area contributed by atoms with Crippen molar-refractivity contribution in [1.29, 1.82) is 0 Å². The number of pyridine rings is 1. The maximum Gasteiger partial charge on any atom is 0.259 e. The molecule has 0 atom stereocenters. The molecule has 5 aromatic rings. The fourth-order valence-corrected chi connectivity index (χ4v) is 3.89. The molecule has 0 saturated heterocycles. The highest BCUT2D eigenvalue weighted by Crippen LogP contribution is 2.33. The van der Waals surface area contributed by atoms with Gasteiger partial charge in [-0.15, -0.1) is 0 Å². The molecule has 0 fully saturated rings. The lowest BCUT2D eigenvalue weighted by Crippen LogP contribution is -2.13. The van der Waals surface area contributed by atoms with Crippen LogP contribution in [0.4, 0.5) is 5.69 Å². The van der Waals surface area contributed by atoms with Crippen LogP contribution in [0.5, 0.6) is 23.1 Å². The summed E-state index contributed by atoms with van der Waals surface area (Å²) >= 11 is 0. The fourth-order valence-electron chi connectivity index (χ4n) is 3.89. The molecule has 2 aromatic heterocycles. The molecular formula is C31H26N4O3. The number of nitrogens with one attached hydrogen (secondary N) is 1. The van der Waals surface area contributed by atoms with E-state index < -0.39 is 0 Å². The Hall–Kier alpha value is -5.04. The van der Waals surface area contributed by atoms with Crippen molar-refractivity contribution in [2.24, 2.45) is 0 Å². The minimum absolute atomic E-state index is 0.271. The Kier molecular flexibility index (Phi) is 7.36. The van der Waals surface area contributed by atoms with Crippen LogP contribution in [0.3, 0.4) is 0 Å². The molecule has 0 bridgehead atoms. The third-order valence-electron chi connectivity index (χ3n) is 5.81. The van der Waals surface area contributed by atoms with Gasteiger partial charge in [0.2, 0.25) is 5.88 Å². The summed E-state index contributed by atoms with van der Waals surface area (Å²) in [5.41, 5.74) is 3.43. The van der Waals surface area contributed by atoms with Gasteiger partial charge in [0.15, 0.2) is 0 Å². The first kappa shape index (κ1) is 24.6. The van der Waals surface area contributed by atoms with E-state index in [0.29, 0.717) is 34.4 Å². The number of amides is 1. The molecule has 0 spiro atoms. The number of aryl methyl sites for hydroxylation is 2. The number of ether oxygens (including phenoxy) is 2. The highest BCUT2D eigenvalue weighted by molar-refractivity contribution is 6.06. The topological polar surface area (TPSA) is 86.2 Å². The molecule has 3 aromatic carbocycles. The first-order chi connectivity index (χ1) is 18.6. The molecular weight excluding hydrogens is 476 g/mol. The maximum absolute atomic E-state index is 13.1. The number of carbonyl (C=O) groups excluding carboxylic acids is 1. The Morgan fingerprint density at radius 3 is 2.45 bits per heavy atom. The smallest absolute Gasteiger partial charge is 0.259 e. The highest BCUT2D eigenvalue weighted by atomic mass is 16.5. The molecule has 188 valence electrons. The van der Waals surface area contributed by atoms with Crippen LogP contribution in [-0.2, 0) is 6.42 Å². The Bertz CT molecular complexity index is 1570. The molecule has 0 unspecified atom stereocenters. The molecule has 1 N–H and O–H groups in total. The lowest BCUT2D eigenvalue weighted by atomic mass is 10.1. The zero-order chi connectivity index (χ0) is 26.3. The summed E-state index contributed by atoms with van der Waals surface area (Å²) in [6, 6.07) is 27.6. The number of hydrogen-bond donors (Lipinski definition) is 1. The second-order valence-electron chi connectivity index (χ2n) is 8.52. The third kappa shape index (κ3) is 5.68. The lowest BCUT2D eigenvalue weighted by molar-refractivity contribution is 0.102. The number of carbonyl (C=O) groups is 1. The molecule has 0 saturated carbocycles. The van der Waals surface area contributed by atoms with E-state index in [-0.39, 0.29) is 5.91 Å². The molecule has 7 nitrogen and oxygen atoms in total. The zero-order valence-electron chi connectivity index (χ0n) is 21.1. The first-order valence-corrected chi connectivity index (χ1v) is 12.3. The summed E-state index contributed by atoms with van der Waals surface area (Å²) < 4.78 is 12.1. The number of aromatic nitrogens is 3. The van der Waals surface area contributed by atoms with Crippen LogP contribution in [0.2, 0.25) is 0 Å². The molecule has 0 aliphatic carbocycles. The van der Waals surface area contributed by atoms with E-state index in [4.69, 9.17) is 9.47 Å². The summed E-state index contributed by atoms with van der Waals surface area (Å²) in [5.74, 6) is 2.69. The standard InChI is InChI=1S/C31H26N4O3/c1-3-29-32-19-17-26(35-29)24-13-9-18-33-31(24)38-27-16-15-22(20-21(27)2)34-30(36)25-12-7-8-14-28(25)37-23-10-5-4-6-11-23/h4-20H,3H2,1-2H3,(H,34,36). The van der Waals surface area contributed by atoms with Crippen molar-refractivity contribution in [2.45, 2.75) is 20.3 Å². The predicted molar refractivity (Wildman–Crippen MR) is 147 cm³/mol. The molecule has 1 amide bonds. The molecule has 2 heterocycles. The van der Waals surface area contributed by atoms with Crippen LogP contribution >= 0.6 is 0 Å². The van der Waals surface area contributed by atoms with Crippen molar-refractivity contribution in [3.8, 4) is 34.4 Å². The Morgan fingerprint density at radius 1 is 0.816 bits per heavy atom. The van der Waals surface area contributed by atoms with Crippen molar-refractivity contribution in [2.75, 3.05) is 5.32 Å². The number of benzene rings is 3. The molecule has 5 rings (SSSR count). The van der Waals surface area contributed by atoms with E-state index >= 15 is 0 Å². The first-order valence-electron chi connectivity index (χ1n) is 12.3. The largest absolute Gasteiger partial charge is 0.457 e. The second-order valence-corrected chi connectivity index (χ2v) is 8.52. The summed E-state index contributed by atoms with van der Waals surface area (Å²) in [5, 5.41) is 2.96. The number of nitrogens with zero attached hydrogens (tertiary/aromatic N) is 3. The van der Waals surface area contributed by atoms with Gasteiger partial charge in [0.25, 0.3) is 5.91 Å². The lowest BCUT2D eigenvalue weighted by Gasteiger charge is -2.14. The fraction of sp³-hybridized carbons (Fsp3) is 0.0968. The van der Waals surface area contributed by atoms with E-state index in [1.165, 1.54) is 0 Å². The second kappa shape index (κ2) is 11.3. The van der Waals surface area contributed by atoms with Gasteiger partial charge in [0, 0.05) is 24.5 Å². The summed E-state index contributed by atoms with van der Waals surface area (Å²) in [6.45, 7) is 3.93. The molecule has 7 heteroatoms. The number of rotatable bonds is 8. The maximum atomic E-state index is 13.1. The third-order valence-corrected chi connectivity index (χ3v) is 5.81. The Balaban J connectivity index is 1.34. The summed E-state index contributed by atoms with van der Waals surface area (Å²) in [6.07, 6.45) is 4.16. The van der Waals surface area contributed by atoms with E-state index in [1.807, 2.05) is 80.6 Å². The van der Waals surface area contributed by atoms with Crippen molar-refractivity contribution < 1.29 is 14.3 Å². The van der Waals surface area contributed by atoms with Crippen molar-refractivity contribution in [3.63, 3.8) is 0 Å². The van der Waals surface area contributed by atoms with Crippen LogP contribution in [0, 0.1) is 6.92 Å². The molecule has 38 heavy (non-hydrogen) atoms. The molecule has 0 aliphatic heterocycles. The monoisotopic (exact) mass is 502 g/mol. The van der Waals surface area contributed by atoms with E-state index in [0.717, 1.165) is 29.1 Å². The van der Waals surface area contributed by atoms with Crippen LogP contribution in [0.25, 0.3) is 11.3 Å². The minimum atomic E-state index is -0.271. The van der Waals surface area contributed by atoms with E-state index in [1.54, 1.807) is 36.7 Å². The highest BCUT2D eigenvalue weighted by Gasteiger charge is 2.15. The van der Waals surface area contributed by atoms with Crippen LogP contribution < -0.4 is 14.8 Å². The van der Waals surface area contributed by atoms with Crippen LogP contribution in [0.1, 0.15) is 28.7 Å². The van der Waals surface area contributed by atoms with Crippen molar-refractivity contribution in [1.82, 2.24) is 15.0 Å². The quantitative estimate of drug-likeness (QED) is 0.241. The van der Waals surface area contributed by atoms with Gasteiger partial charge >= 0.3 is 0 Å². The zero-order valence-corrected chi connectivity index (χ0v) is 21.1. The Labute approximate surface area is 221 Å². The number of anilines is 1. The summed E-state index contributed by atoms with van der Waals surface area (Å²) in [7, 11) is 0. The van der Waals surface area contributed by atoms with E-state index in [2.05, 4.69) is 20.3 Å². The predicted octanol–water partition coefficient (Wildman–Crippen LogP) is 7.25. The van der Waals surface area contributed by atoms with Gasteiger partial charge in [-0.3, -0.25) is 4.79 Å². The van der Waals surface area contributed by atoms with Gasteiger partial charge in [-0.2, -0.15) is 0 Å². The average molecular weight is 503 g/mol. The van der Waals surface area contributed by atoms with Gasteiger partial charge in [-0.05, 0) is 73.2 Å². The van der Waals surface area contributed by atoms with Gasteiger partial charge in [0.1, 0.15) is 23.1 Å². The van der Waals surface area contributed by atoms with Crippen molar-refractivity contribution in [3.05, 3.63) is 120 Å². The normalized spacial score (nSPS) is 10.6. The summed E-state index contributed by atoms with van der Waals surface area (Å²) in [4.78, 5) is 26.4. The van der Waals surface area contributed by atoms with Crippen molar-refractivity contribution >= 4 is 11.6 Å². The molecule has 0 aliphatic rings.